The zero-order valence-corrected chi connectivity index (χ0v) is 10.7. The van der Waals surface area contributed by atoms with Gasteiger partial charge in [0.25, 0.3) is 5.91 Å². The molecule has 0 unspecified atom stereocenters. The molecule has 7 heteroatoms. The summed E-state index contributed by atoms with van der Waals surface area (Å²) in [7, 11) is 0. The lowest BCUT2D eigenvalue weighted by atomic mass is 10.3. The average Bonchev–Trinajstić information content (AvgIpc) is 2.47. The molecule has 19 heavy (non-hydrogen) atoms. The van der Waals surface area contributed by atoms with Gasteiger partial charge in [-0.2, -0.15) is 5.10 Å². The highest BCUT2D eigenvalue weighted by molar-refractivity contribution is 7.99. The van der Waals surface area contributed by atoms with Gasteiger partial charge in [0.15, 0.2) is 5.16 Å². The van der Waals surface area contributed by atoms with Crippen molar-refractivity contribution in [3.8, 4) is 0 Å². The molecule has 0 aliphatic carbocycles. The first-order chi connectivity index (χ1) is 9.34. The highest BCUT2D eigenvalue weighted by atomic mass is 32.2. The number of rotatable bonds is 5. The number of nitrogens with one attached hydrogen (secondary N) is 1. The number of thioether (sulfide) groups is 1. The molecule has 0 spiro atoms. The fourth-order valence-electron chi connectivity index (χ4n) is 1.15. The maximum atomic E-state index is 11.5. The van der Waals surface area contributed by atoms with E-state index in [9.17, 15) is 4.79 Å². The molecule has 0 atom stereocenters. The first-order valence-electron chi connectivity index (χ1n) is 5.46. The van der Waals surface area contributed by atoms with Crippen LogP contribution in [0.25, 0.3) is 0 Å². The van der Waals surface area contributed by atoms with Gasteiger partial charge in [0.05, 0.1) is 12.0 Å². The average molecular weight is 273 g/mol. The molecule has 2 heterocycles. The molecule has 6 nitrogen and oxygen atoms in total. The van der Waals surface area contributed by atoms with E-state index in [1.807, 2.05) is 6.07 Å². The Labute approximate surface area is 114 Å². The molecular weight excluding hydrogens is 262 g/mol. The summed E-state index contributed by atoms with van der Waals surface area (Å²) < 4.78 is 0. The van der Waals surface area contributed by atoms with Gasteiger partial charge in [0.1, 0.15) is 0 Å². The summed E-state index contributed by atoms with van der Waals surface area (Å²) in [4.78, 5) is 23.4. The van der Waals surface area contributed by atoms with E-state index in [4.69, 9.17) is 0 Å². The number of carbonyl (C=O) groups excluding carboxylic acids is 1. The van der Waals surface area contributed by atoms with Gasteiger partial charge in [-0.1, -0.05) is 17.8 Å². The van der Waals surface area contributed by atoms with E-state index in [0.717, 1.165) is 5.56 Å². The van der Waals surface area contributed by atoms with Crippen molar-refractivity contribution in [3.63, 3.8) is 0 Å². The number of hydrazone groups is 1. The van der Waals surface area contributed by atoms with Gasteiger partial charge in [-0.3, -0.25) is 9.78 Å². The molecule has 0 bridgehead atoms. The normalized spacial score (nSPS) is 10.5. The van der Waals surface area contributed by atoms with E-state index >= 15 is 0 Å². The monoisotopic (exact) mass is 273 g/mol. The standard InChI is InChI=1S/C12H11N5OS/c18-11(9-19-12-14-5-2-6-15-12)17-16-8-10-3-1-4-13-7-10/h1-8H,9H2,(H,17,18). The van der Waals surface area contributed by atoms with E-state index < -0.39 is 0 Å². The van der Waals surface area contributed by atoms with Crippen molar-refractivity contribution in [2.24, 2.45) is 5.10 Å². The summed E-state index contributed by atoms with van der Waals surface area (Å²) in [5.74, 6) is 0.00610. The second kappa shape index (κ2) is 7.22. The van der Waals surface area contributed by atoms with Crippen molar-refractivity contribution in [3.05, 3.63) is 48.5 Å². The van der Waals surface area contributed by atoms with E-state index in [2.05, 4.69) is 25.5 Å². The summed E-state index contributed by atoms with van der Waals surface area (Å²) in [6.07, 6.45) is 8.13. The van der Waals surface area contributed by atoms with E-state index in [1.165, 1.54) is 18.0 Å². The van der Waals surface area contributed by atoms with Gasteiger partial charge in [-0.15, -0.1) is 0 Å². The third kappa shape index (κ3) is 4.84. The van der Waals surface area contributed by atoms with E-state index in [0.29, 0.717) is 5.16 Å². The van der Waals surface area contributed by atoms with Crippen LogP contribution in [-0.2, 0) is 4.79 Å². The third-order valence-corrected chi connectivity index (χ3v) is 2.84. The topological polar surface area (TPSA) is 80.1 Å². The highest BCUT2D eigenvalue weighted by Gasteiger charge is 2.02. The van der Waals surface area contributed by atoms with Gasteiger partial charge in [-0.25, -0.2) is 15.4 Å². The number of nitrogens with zero attached hydrogens (tertiary/aromatic N) is 4. The largest absolute Gasteiger partial charge is 0.272 e. The lowest BCUT2D eigenvalue weighted by Gasteiger charge is -1.98. The van der Waals surface area contributed by atoms with Crippen molar-refractivity contribution in [1.82, 2.24) is 20.4 Å². The molecule has 1 amide bonds. The Morgan fingerprint density at radius 1 is 1.32 bits per heavy atom. The maximum absolute atomic E-state index is 11.5. The summed E-state index contributed by atoms with van der Waals surface area (Å²) in [5.41, 5.74) is 3.25. The molecule has 0 radical (unpaired) electrons. The lowest BCUT2D eigenvalue weighted by Crippen LogP contribution is -2.19. The fraction of sp³-hybridized carbons (Fsp3) is 0.0833. The van der Waals surface area contributed by atoms with E-state index in [-0.39, 0.29) is 11.7 Å². The fourth-order valence-corrected chi connectivity index (χ4v) is 1.75. The van der Waals surface area contributed by atoms with Crippen molar-refractivity contribution in [1.29, 1.82) is 0 Å². The number of hydrogen-bond acceptors (Lipinski definition) is 6. The quantitative estimate of drug-likeness (QED) is 0.382. The number of amides is 1. The van der Waals surface area contributed by atoms with Crippen molar-refractivity contribution >= 4 is 23.9 Å². The smallest absolute Gasteiger partial charge is 0.250 e. The van der Waals surface area contributed by atoms with Gasteiger partial charge in [0, 0.05) is 30.4 Å². The molecule has 2 rings (SSSR count). The molecule has 2 aromatic heterocycles. The minimum atomic E-state index is -0.211. The van der Waals surface area contributed by atoms with E-state index in [1.54, 1.807) is 36.9 Å². The Bertz CT molecular complexity index is 547. The van der Waals surface area contributed by atoms with Gasteiger partial charge >= 0.3 is 0 Å². The van der Waals surface area contributed by atoms with Gasteiger partial charge in [-0.05, 0) is 12.1 Å². The van der Waals surface area contributed by atoms with Crippen LogP contribution in [0.3, 0.4) is 0 Å². The summed E-state index contributed by atoms with van der Waals surface area (Å²) in [5, 5.41) is 4.40. The Kier molecular flexibility index (Phi) is 5.00. The van der Waals surface area contributed by atoms with Crippen LogP contribution in [0.1, 0.15) is 5.56 Å². The van der Waals surface area contributed by atoms with Crippen molar-refractivity contribution in [2.75, 3.05) is 5.75 Å². The molecule has 0 aromatic carbocycles. The minimum Gasteiger partial charge on any atom is -0.272 e. The van der Waals surface area contributed by atoms with Crippen LogP contribution in [0.4, 0.5) is 0 Å². The first-order valence-corrected chi connectivity index (χ1v) is 6.45. The number of aromatic nitrogens is 3. The minimum absolute atomic E-state index is 0.211. The zero-order chi connectivity index (χ0) is 13.3. The molecule has 0 fully saturated rings. The summed E-state index contributed by atoms with van der Waals surface area (Å²) in [6, 6.07) is 5.36. The van der Waals surface area contributed by atoms with Gasteiger partial charge in [0.2, 0.25) is 0 Å². The predicted molar refractivity (Wildman–Crippen MR) is 72.7 cm³/mol. The SMILES string of the molecule is O=C(CSc1ncccn1)NN=Cc1cccnc1. The Hall–Kier alpha value is -2.28. The third-order valence-electron chi connectivity index (χ3n) is 1.96. The second-order valence-corrected chi connectivity index (χ2v) is 4.34. The molecule has 0 saturated carbocycles. The summed E-state index contributed by atoms with van der Waals surface area (Å²) in [6.45, 7) is 0. The van der Waals surface area contributed by atoms with Crippen LogP contribution >= 0.6 is 11.8 Å². The Morgan fingerprint density at radius 3 is 2.89 bits per heavy atom. The molecule has 0 aliphatic heterocycles. The Balaban J connectivity index is 1.75. The number of carbonyl (C=O) groups is 1. The van der Waals surface area contributed by atoms with Crippen molar-refractivity contribution in [2.45, 2.75) is 5.16 Å². The number of hydrogen-bond donors (Lipinski definition) is 1. The second-order valence-electron chi connectivity index (χ2n) is 3.40. The molecule has 2 aromatic rings. The van der Waals surface area contributed by atoms with Crippen LogP contribution in [-0.4, -0.2) is 32.8 Å². The van der Waals surface area contributed by atoms with Crippen LogP contribution < -0.4 is 5.43 Å². The first kappa shape index (κ1) is 13.2. The summed E-state index contributed by atoms with van der Waals surface area (Å²) >= 11 is 1.25. The van der Waals surface area contributed by atoms with Crippen LogP contribution in [0.5, 0.6) is 0 Å². The maximum Gasteiger partial charge on any atom is 0.250 e. The highest BCUT2D eigenvalue weighted by Crippen LogP contribution is 2.09. The molecule has 0 saturated heterocycles. The Morgan fingerprint density at radius 2 is 2.16 bits per heavy atom. The molecule has 96 valence electrons. The van der Waals surface area contributed by atoms with Gasteiger partial charge < -0.3 is 0 Å². The lowest BCUT2D eigenvalue weighted by molar-refractivity contribution is -0.118. The van der Waals surface area contributed by atoms with Crippen LogP contribution in [0.2, 0.25) is 0 Å². The molecular formula is C12H11N5OS. The molecule has 1 N–H and O–H groups in total. The number of pyridine rings is 1. The molecule has 0 aliphatic rings. The zero-order valence-electron chi connectivity index (χ0n) is 9.93. The van der Waals surface area contributed by atoms with Crippen LogP contribution in [0, 0.1) is 0 Å². The predicted octanol–water partition coefficient (Wildman–Crippen LogP) is 1.11. The van der Waals surface area contributed by atoms with Crippen molar-refractivity contribution < 1.29 is 4.79 Å². The van der Waals surface area contributed by atoms with Crippen LogP contribution in [0.15, 0.2) is 53.2 Å².